The first-order valence-electron chi connectivity index (χ1n) is 11.1. The monoisotopic (exact) mass is 488 g/mol. The molecule has 3 rings (SSSR count). The van der Waals surface area contributed by atoms with Crippen LogP contribution >= 0.6 is 0 Å². The van der Waals surface area contributed by atoms with Gasteiger partial charge in [0.2, 0.25) is 15.9 Å². The van der Waals surface area contributed by atoms with Crippen molar-refractivity contribution < 1.29 is 32.3 Å². The van der Waals surface area contributed by atoms with E-state index in [2.05, 4.69) is 5.32 Å². The minimum absolute atomic E-state index is 0.0881. The summed E-state index contributed by atoms with van der Waals surface area (Å²) in [5.41, 5.74) is 1.23. The van der Waals surface area contributed by atoms with Gasteiger partial charge in [-0.05, 0) is 75.2 Å². The van der Waals surface area contributed by atoms with Gasteiger partial charge in [0.15, 0.2) is 0 Å². The molecule has 0 atom stereocenters. The summed E-state index contributed by atoms with van der Waals surface area (Å²) in [6.45, 7) is 4.36. The zero-order valence-electron chi connectivity index (χ0n) is 19.2. The lowest BCUT2D eigenvalue weighted by molar-refractivity contribution is -0.120. The molecule has 0 bridgehead atoms. The molecule has 182 valence electrons. The van der Waals surface area contributed by atoms with E-state index in [1.54, 1.807) is 38.1 Å². The van der Waals surface area contributed by atoms with Crippen LogP contribution in [-0.2, 0) is 24.3 Å². The minimum Gasteiger partial charge on any atom is -0.462 e. The van der Waals surface area contributed by atoms with Crippen molar-refractivity contribution in [1.82, 2.24) is 4.31 Å². The van der Waals surface area contributed by atoms with E-state index in [9.17, 15) is 22.8 Å². The minimum atomic E-state index is -3.74. The van der Waals surface area contributed by atoms with Gasteiger partial charge in [0.05, 0.1) is 29.2 Å². The lowest BCUT2D eigenvalue weighted by atomic mass is 9.97. The van der Waals surface area contributed by atoms with Crippen molar-refractivity contribution in [3.63, 3.8) is 0 Å². The first-order valence-corrected chi connectivity index (χ1v) is 12.6. The van der Waals surface area contributed by atoms with Crippen molar-refractivity contribution >= 4 is 33.6 Å². The maximum absolute atomic E-state index is 13.0. The molecule has 1 aliphatic heterocycles. The van der Waals surface area contributed by atoms with Gasteiger partial charge in [-0.2, -0.15) is 4.31 Å². The van der Waals surface area contributed by atoms with E-state index in [-0.39, 0.29) is 48.6 Å². The predicted octanol–water partition coefficient (Wildman–Crippen LogP) is 3.08. The Kier molecular flexibility index (Phi) is 8.41. The number of benzene rings is 2. The van der Waals surface area contributed by atoms with Crippen molar-refractivity contribution in [1.29, 1.82) is 0 Å². The SMILES string of the molecule is CCOC(=O)c1ccc(NC(=O)C2CCN(S(=O)(=O)c3ccc(C(=O)OCC)cc3)CC2)cc1. The number of nitrogens with one attached hydrogen (secondary N) is 1. The van der Waals surface area contributed by atoms with E-state index in [0.717, 1.165) is 0 Å². The summed E-state index contributed by atoms with van der Waals surface area (Å²) in [4.78, 5) is 36.2. The molecule has 0 spiro atoms. The predicted molar refractivity (Wildman–Crippen MR) is 125 cm³/mol. The zero-order chi connectivity index (χ0) is 24.7. The second kappa shape index (κ2) is 11.3. The number of nitrogens with zero attached hydrogens (tertiary/aromatic N) is 1. The third kappa shape index (κ3) is 6.00. The van der Waals surface area contributed by atoms with Crippen LogP contribution in [0.15, 0.2) is 53.4 Å². The highest BCUT2D eigenvalue weighted by molar-refractivity contribution is 7.89. The highest BCUT2D eigenvalue weighted by Crippen LogP contribution is 2.25. The smallest absolute Gasteiger partial charge is 0.338 e. The number of ether oxygens (including phenoxy) is 2. The van der Waals surface area contributed by atoms with E-state index in [1.807, 2.05) is 0 Å². The molecular formula is C24H28N2O7S. The lowest BCUT2D eigenvalue weighted by Crippen LogP contribution is -2.41. The Morgan fingerprint density at radius 2 is 1.32 bits per heavy atom. The number of hydrogen-bond donors (Lipinski definition) is 1. The fourth-order valence-corrected chi connectivity index (χ4v) is 5.10. The summed E-state index contributed by atoms with van der Waals surface area (Å²) in [5.74, 6) is -1.46. The average molecular weight is 489 g/mol. The van der Waals surface area contributed by atoms with Crippen LogP contribution in [0.3, 0.4) is 0 Å². The first kappa shape index (κ1) is 25.4. The normalized spacial score (nSPS) is 14.9. The highest BCUT2D eigenvalue weighted by Gasteiger charge is 2.32. The molecule has 1 amide bonds. The Hall–Kier alpha value is -3.24. The molecule has 0 aliphatic carbocycles. The van der Waals surface area contributed by atoms with Gasteiger partial charge in [0, 0.05) is 24.7 Å². The highest BCUT2D eigenvalue weighted by atomic mass is 32.2. The third-order valence-electron chi connectivity index (χ3n) is 5.49. The van der Waals surface area contributed by atoms with Gasteiger partial charge in [-0.15, -0.1) is 0 Å². The molecule has 1 saturated heterocycles. The van der Waals surface area contributed by atoms with Gasteiger partial charge in [-0.3, -0.25) is 4.79 Å². The van der Waals surface area contributed by atoms with Gasteiger partial charge in [0.25, 0.3) is 0 Å². The van der Waals surface area contributed by atoms with Crippen LogP contribution in [0.1, 0.15) is 47.4 Å². The summed E-state index contributed by atoms with van der Waals surface area (Å²) in [5, 5.41) is 2.82. The van der Waals surface area contributed by atoms with E-state index >= 15 is 0 Å². The quantitative estimate of drug-likeness (QED) is 0.567. The molecule has 34 heavy (non-hydrogen) atoms. The number of rotatable bonds is 8. The van der Waals surface area contributed by atoms with Crippen LogP contribution < -0.4 is 5.32 Å². The number of anilines is 1. The van der Waals surface area contributed by atoms with Gasteiger partial charge < -0.3 is 14.8 Å². The van der Waals surface area contributed by atoms with Crippen LogP contribution in [0.5, 0.6) is 0 Å². The zero-order valence-corrected chi connectivity index (χ0v) is 20.0. The number of piperidine rings is 1. The third-order valence-corrected chi connectivity index (χ3v) is 7.40. The van der Waals surface area contributed by atoms with Crippen LogP contribution in [0.25, 0.3) is 0 Å². The van der Waals surface area contributed by atoms with Crippen LogP contribution in [0.2, 0.25) is 0 Å². The topological polar surface area (TPSA) is 119 Å². The molecule has 1 fully saturated rings. The molecule has 0 unspecified atom stereocenters. The molecule has 0 saturated carbocycles. The van der Waals surface area contributed by atoms with Crippen LogP contribution in [0, 0.1) is 5.92 Å². The van der Waals surface area contributed by atoms with Crippen molar-refractivity contribution in [2.75, 3.05) is 31.6 Å². The molecule has 1 N–H and O–H groups in total. The Labute approximate surface area is 199 Å². The van der Waals surface area contributed by atoms with Crippen molar-refractivity contribution in [3.8, 4) is 0 Å². The van der Waals surface area contributed by atoms with Gasteiger partial charge in [-0.1, -0.05) is 0 Å². The van der Waals surface area contributed by atoms with Crippen molar-refractivity contribution in [3.05, 3.63) is 59.7 Å². The van der Waals surface area contributed by atoms with E-state index in [0.29, 0.717) is 24.1 Å². The van der Waals surface area contributed by atoms with E-state index in [4.69, 9.17) is 9.47 Å². The number of hydrogen-bond acceptors (Lipinski definition) is 7. The summed E-state index contributed by atoms with van der Waals surface area (Å²) >= 11 is 0. The largest absolute Gasteiger partial charge is 0.462 e. The molecule has 2 aromatic carbocycles. The second-order valence-electron chi connectivity index (χ2n) is 7.71. The Morgan fingerprint density at radius 1 is 0.853 bits per heavy atom. The Morgan fingerprint density at radius 3 is 1.79 bits per heavy atom. The maximum Gasteiger partial charge on any atom is 0.338 e. The molecule has 1 aliphatic rings. The summed E-state index contributed by atoms with van der Waals surface area (Å²) < 4.78 is 37.1. The average Bonchev–Trinajstić information content (AvgIpc) is 2.85. The Balaban J connectivity index is 1.56. The number of amides is 1. The second-order valence-corrected chi connectivity index (χ2v) is 9.65. The van der Waals surface area contributed by atoms with Crippen LogP contribution in [0.4, 0.5) is 5.69 Å². The maximum atomic E-state index is 13.0. The summed E-state index contributed by atoms with van der Waals surface area (Å²) in [6.07, 6.45) is 0.764. The number of carbonyl (C=O) groups excluding carboxylic acids is 3. The molecule has 9 nitrogen and oxygen atoms in total. The van der Waals surface area contributed by atoms with E-state index in [1.165, 1.54) is 28.6 Å². The molecule has 2 aromatic rings. The lowest BCUT2D eigenvalue weighted by Gasteiger charge is -2.30. The first-order chi connectivity index (χ1) is 16.3. The summed E-state index contributed by atoms with van der Waals surface area (Å²) in [7, 11) is -3.74. The van der Waals surface area contributed by atoms with Crippen molar-refractivity contribution in [2.24, 2.45) is 5.92 Å². The molecule has 1 heterocycles. The molecular weight excluding hydrogens is 460 g/mol. The van der Waals surface area contributed by atoms with Gasteiger partial charge >= 0.3 is 11.9 Å². The molecule has 10 heteroatoms. The number of sulfonamides is 1. The van der Waals surface area contributed by atoms with E-state index < -0.39 is 22.0 Å². The Bertz CT molecular complexity index is 1120. The number of esters is 2. The number of carbonyl (C=O) groups is 3. The fourth-order valence-electron chi connectivity index (χ4n) is 3.63. The van der Waals surface area contributed by atoms with Gasteiger partial charge in [-0.25, -0.2) is 18.0 Å². The molecule has 0 radical (unpaired) electrons. The fraction of sp³-hybridized carbons (Fsp3) is 0.375. The van der Waals surface area contributed by atoms with Crippen LogP contribution in [-0.4, -0.2) is 56.9 Å². The van der Waals surface area contributed by atoms with Crippen molar-refractivity contribution in [2.45, 2.75) is 31.6 Å². The molecule has 0 aromatic heterocycles. The standard InChI is InChI=1S/C24H28N2O7S/c1-3-32-23(28)18-5-9-20(10-6-18)25-22(27)17-13-15-26(16-14-17)34(30,31)21-11-7-19(8-12-21)24(29)33-4-2/h5-12,17H,3-4,13-16H2,1-2H3,(H,25,27). The summed E-state index contributed by atoms with van der Waals surface area (Å²) in [6, 6.07) is 12.1. The van der Waals surface area contributed by atoms with Gasteiger partial charge in [0.1, 0.15) is 0 Å².